The van der Waals surface area contributed by atoms with Gasteiger partial charge >= 0.3 is 0 Å². The Labute approximate surface area is 92.7 Å². The summed E-state index contributed by atoms with van der Waals surface area (Å²) in [5.74, 6) is -1.25. The first-order chi connectivity index (χ1) is 7.68. The summed E-state index contributed by atoms with van der Waals surface area (Å²) in [6.07, 6.45) is 1.91. The minimum Gasteiger partial charge on any atom is -0.317 e. The van der Waals surface area contributed by atoms with Crippen LogP contribution in [0.15, 0.2) is 18.2 Å². The molecule has 0 spiro atoms. The molecular weight excluding hydrogens is 212 g/mol. The van der Waals surface area contributed by atoms with Crippen molar-refractivity contribution in [2.45, 2.75) is 18.3 Å². The maximum absolute atomic E-state index is 13.6. The monoisotopic (exact) mass is 225 g/mol. The molecule has 1 aliphatic heterocycles. The third kappa shape index (κ3) is 1.85. The summed E-state index contributed by atoms with van der Waals surface area (Å²) in [6.45, 7) is 1.35. The van der Waals surface area contributed by atoms with Crippen LogP contribution >= 0.6 is 0 Å². The number of hydrogen-bond acceptors (Lipinski definition) is 2. The van der Waals surface area contributed by atoms with Crippen LogP contribution in [0.1, 0.15) is 18.4 Å². The van der Waals surface area contributed by atoms with Crippen molar-refractivity contribution in [3.63, 3.8) is 0 Å². The van der Waals surface area contributed by atoms with Crippen LogP contribution in [0.5, 0.6) is 0 Å². The molecule has 86 valence electrons. The smallest absolute Gasteiger partial charge is 0.130 e. The quantitative estimate of drug-likeness (QED) is 0.777. The van der Waals surface area contributed by atoms with Gasteiger partial charge in [-0.15, -0.1) is 0 Å². The number of nitrogens with one attached hydrogen (secondary N) is 1. The third-order valence-corrected chi connectivity index (χ3v) is 3.19. The normalized spacial score (nSPS) is 19.4. The fraction of sp³-hybridized carbons (Fsp3) is 0.417. The van der Waals surface area contributed by atoms with Crippen LogP contribution in [0.3, 0.4) is 0 Å². The molecule has 16 heavy (non-hydrogen) atoms. The molecule has 4 heteroatoms. The number of piperidine rings is 1. The highest BCUT2D eigenvalue weighted by atomic mass is 19.1. The van der Waals surface area contributed by atoms with Gasteiger partial charge in [0.25, 0.3) is 0 Å². The van der Waals surface area contributed by atoms with E-state index in [2.05, 4.69) is 5.32 Å². The first kappa shape index (κ1) is 11.2. The van der Waals surface area contributed by atoms with Gasteiger partial charge in [-0.1, -0.05) is 6.07 Å². The first-order valence-corrected chi connectivity index (χ1v) is 5.30. The Morgan fingerprint density at radius 1 is 1.25 bits per heavy atom. The molecule has 0 aromatic heterocycles. The Kier molecular flexibility index (Phi) is 3.01. The summed E-state index contributed by atoms with van der Waals surface area (Å²) < 4.78 is 26.5. The van der Waals surface area contributed by atoms with Crippen molar-refractivity contribution in [1.29, 1.82) is 0 Å². The third-order valence-electron chi connectivity index (χ3n) is 3.19. The molecule has 1 N–H and O–H groups in total. The van der Waals surface area contributed by atoms with Gasteiger partial charge in [0.05, 0.1) is 5.41 Å². The number of carbonyl (C=O) groups is 1. The molecule has 0 amide bonds. The largest absolute Gasteiger partial charge is 0.317 e. The number of carbonyl (C=O) groups excluding carboxylic acids is 1. The first-order valence-electron chi connectivity index (χ1n) is 5.30. The summed E-state index contributed by atoms with van der Waals surface area (Å²) in [4.78, 5) is 11.2. The SMILES string of the molecule is O=CC1(c2ccc(F)cc2F)CCNCC1. The second-order valence-electron chi connectivity index (χ2n) is 4.15. The molecule has 0 saturated carbocycles. The topological polar surface area (TPSA) is 29.1 Å². The molecule has 1 aromatic rings. The zero-order valence-corrected chi connectivity index (χ0v) is 8.80. The second kappa shape index (κ2) is 4.29. The fourth-order valence-electron chi connectivity index (χ4n) is 2.22. The Balaban J connectivity index is 2.43. The van der Waals surface area contributed by atoms with Crippen LogP contribution in [0, 0.1) is 11.6 Å². The van der Waals surface area contributed by atoms with Crippen LogP contribution in [0.2, 0.25) is 0 Å². The van der Waals surface area contributed by atoms with E-state index in [1.165, 1.54) is 12.1 Å². The predicted molar refractivity (Wildman–Crippen MR) is 56.2 cm³/mol. The van der Waals surface area contributed by atoms with Crippen molar-refractivity contribution in [2.24, 2.45) is 0 Å². The molecule has 1 aliphatic rings. The zero-order valence-electron chi connectivity index (χ0n) is 8.80. The van der Waals surface area contributed by atoms with Crippen molar-refractivity contribution in [2.75, 3.05) is 13.1 Å². The van der Waals surface area contributed by atoms with E-state index in [1.54, 1.807) is 0 Å². The van der Waals surface area contributed by atoms with Gasteiger partial charge in [0.2, 0.25) is 0 Å². The van der Waals surface area contributed by atoms with Crippen molar-refractivity contribution in [1.82, 2.24) is 5.32 Å². The predicted octanol–water partition coefficient (Wildman–Crippen LogP) is 1.78. The van der Waals surface area contributed by atoms with Gasteiger partial charge in [-0.2, -0.15) is 0 Å². The lowest BCUT2D eigenvalue weighted by Gasteiger charge is -2.33. The van der Waals surface area contributed by atoms with Gasteiger partial charge in [-0.3, -0.25) is 0 Å². The molecule has 0 unspecified atom stereocenters. The van der Waals surface area contributed by atoms with Gasteiger partial charge in [0, 0.05) is 11.6 Å². The summed E-state index contributed by atoms with van der Waals surface area (Å²) >= 11 is 0. The standard InChI is InChI=1S/C12H13F2NO/c13-9-1-2-10(11(14)7-9)12(8-16)3-5-15-6-4-12/h1-2,7-8,15H,3-6H2. The molecule has 0 radical (unpaired) electrons. The average Bonchev–Trinajstić information content (AvgIpc) is 2.30. The Morgan fingerprint density at radius 3 is 2.50 bits per heavy atom. The number of benzene rings is 1. The van der Waals surface area contributed by atoms with E-state index >= 15 is 0 Å². The number of hydrogen-bond donors (Lipinski definition) is 1. The highest BCUT2D eigenvalue weighted by Gasteiger charge is 2.35. The Bertz CT molecular complexity index is 400. The minimum atomic E-state index is -0.789. The van der Waals surface area contributed by atoms with Gasteiger partial charge in [-0.05, 0) is 32.0 Å². The molecule has 1 fully saturated rings. The summed E-state index contributed by atoms with van der Waals surface area (Å²) in [6, 6.07) is 3.42. The molecule has 1 saturated heterocycles. The second-order valence-corrected chi connectivity index (χ2v) is 4.15. The Morgan fingerprint density at radius 2 is 1.94 bits per heavy atom. The van der Waals surface area contributed by atoms with Gasteiger partial charge in [0.1, 0.15) is 17.9 Å². The molecule has 2 nitrogen and oxygen atoms in total. The Hall–Kier alpha value is -1.29. The highest BCUT2D eigenvalue weighted by Crippen LogP contribution is 2.33. The van der Waals surface area contributed by atoms with Crippen LogP contribution < -0.4 is 5.32 Å². The molecule has 0 aliphatic carbocycles. The number of aldehydes is 1. The van der Waals surface area contributed by atoms with Crippen LogP contribution in [-0.4, -0.2) is 19.4 Å². The van der Waals surface area contributed by atoms with Crippen molar-refractivity contribution in [3.8, 4) is 0 Å². The van der Waals surface area contributed by atoms with Crippen molar-refractivity contribution in [3.05, 3.63) is 35.4 Å². The highest BCUT2D eigenvalue weighted by molar-refractivity contribution is 5.69. The van der Waals surface area contributed by atoms with E-state index in [9.17, 15) is 13.6 Å². The van der Waals surface area contributed by atoms with E-state index in [1.807, 2.05) is 0 Å². The molecule has 0 atom stereocenters. The van der Waals surface area contributed by atoms with Gasteiger partial charge < -0.3 is 10.1 Å². The lowest BCUT2D eigenvalue weighted by Crippen LogP contribution is -2.41. The zero-order chi connectivity index (χ0) is 11.6. The lowest BCUT2D eigenvalue weighted by molar-refractivity contribution is -0.113. The summed E-state index contributed by atoms with van der Waals surface area (Å²) in [5.41, 5.74) is -0.478. The van der Waals surface area contributed by atoms with Crippen molar-refractivity contribution >= 4 is 6.29 Å². The molecule has 2 rings (SSSR count). The summed E-state index contributed by atoms with van der Waals surface area (Å²) in [7, 11) is 0. The van der Waals surface area contributed by atoms with Gasteiger partial charge in [0.15, 0.2) is 0 Å². The van der Waals surface area contributed by atoms with E-state index in [0.717, 1.165) is 12.4 Å². The molecular formula is C12H13F2NO. The minimum absolute atomic E-state index is 0.311. The lowest BCUT2D eigenvalue weighted by atomic mass is 9.74. The number of halogens is 2. The number of rotatable bonds is 2. The maximum Gasteiger partial charge on any atom is 0.130 e. The molecule has 1 heterocycles. The molecule has 0 bridgehead atoms. The van der Waals surface area contributed by atoms with Gasteiger partial charge in [-0.25, -0.2) is 8.78 Å². The molecule has 1 aromatic carbocycles. The van der Waals surface area contributed by atoms with E-state index < -0.39 is 17.0 Å². The summed E-state index contributed by atoms with van der Waals surface area (Å²) in [5, 5.41) is 3.12. The average molecular weight is 225 g/mol. The maximum atomic E-state index is 13.6. The van der Waals surface area contributed by atoms with Crippen molar-refractivity contribution < 1.29 is 13.6 Å². The van der Waals surface area contributed by atoms with E-state index in [4.69, 9.17) is 0 Å². The van der Waals surface area contributed by atoms with E-state index in [-0.39, 0.29) is 0 Å². The van der Waals surface area contributed by atoms with E-state index in [0.29, 0.717) is 31.5 Å². The van der Waals surface area contributed by atoms with Crippen LogP contribution in [-0.2, 0) is 10.2 Å². The van der Waals surface area contributed by atoms with Crippen LogP contribution in [0.25, 0.3) is 0 Å². The van der Waals surface area contributed by atoms with Crippen LogP contribution in [0.4, 0.5) is 8.78 Å². The fourth-order valence-corrected chi connectivity index (χ4v) is 2.22.